The molecule has 0 aromatic carbocycles. The van der Waals surface area contributed by atoms with Crippen molar-refractivity contribution in [2.75, 3.05) is 0 Å². The summed E-state index contributed by atoms with van der Waals surface area (Å²) in [4.78, 5) is 11.0. The average Bonchev–Trinajstić information content (AvgIpc) is 2.56. The van der Waals surface area contributed by atoms with Crippen LogP contribution in [0.5, 0.6) is 0 Å². The van der Waals surface area contributed by atoms with E-state index in [1.165, 1.54) is 5.57 Å². The molecule has 0 bridgehead atoms. The summed E-state index contributed by atoms with van der Waals surface area (Å²) in [5.41, 5.74) is 2.20. The Morgan fingerprint density at radius 3 is 2.04 bits per heavy atom. The summed E-state index contributed by atoms with van der Waals surface area (Å²) in [5.74, 6) is 0.706. The Hall–Kier alpha value is 0.0569. The van der Waals surface area contributed by atoms with Crippen LogP contribution in [0, 0.1) is 11.8 Å². The molecule has 0 radical (unpaired) electrons. The van der Waals surface area contributed by atoms with E-state index in [4.69, 9.17) is 4.43 Å². The normalized spacial score (nSPS) is 17.7. The highest BCUT2D eigenvalue weighted by atomic mass is 127. The van der Waals surface area contributed by atoms with E-state index in [1.807, 2.05) is 6.92 Å². The van der Waals surface area contributed by atoms with Gasteiger partial charge in [0.25, 0.3) is 0 Å². The van der Waals surface area contributed by atoms with Crippen molar-refractivity contribution in [1.82, 2.24) is 0 Å². The zero-order valence-electron chi connectivity index (χ0n) is 16.0. The Kier molecular flexibility index (Phi) is 11.6. The van der Waals surface area contributed by atoms with Gasteiger partial charge in [-0.3, -0.25) is 4.79 Å². The van der Waals surface area contributed by atoms with Crippen molar-refractivity contribution in [3.8, 4) is 0 Å². The summed E-state index contributed by atoms with van der Waals surface area (Å²) >= 11 is 2.31. The molecule has 0 unspecified atom stereocenters. The van der Waals surface area contributed by atoms with Crippen LogP contribution in [0.2, 0.25) is 18.1 Å². The van der Waals surface area contributed by atoms with Crippen molar-refractivity contribution in [2.45, 2.75) is 79.1 Å². The minimum atomic E-state index is -1.67. The fraction of sp³-hybridized carbons (Fsp3) is 0.737. The number of hydrogen-bond donors (Lipinski definition) is 0. The Morgan fingerprint density at radius 2 is 1.65 bits per heavy atom. The molecule has 0 amide bonds. The van der Waals surface area contributed by atoms with Gasteiger partial charge in [0.1, 0.15) is 6.29 Å². The Balaban J connectivity index is 5.47. The van der Waals surface area contributed by atoms with Crippen molar-refractivity contribution in [3.63, 3.8) is 0 Å². The smallest absolute Gasteiger partial charge is 0.192 e. The molecule has 0 spiro atoms. The number of carbonyl (C=O) groups is 1. The molecule has 0 aliphatic heterocycles. The maximum Gasteiger partial charge on any atom is 0.192 e. The van der Waals surface area contributed by atoms with Gasteiger partial charge in [-0.05, 0) is 59.9 Å². The van der Waals surface area contributed by atoms with Crippen LogP contribution in [0.3, 0.4) is 0 Å². The summed E-state index contributed by atoms with van der Waals surface area (Å²) in [6.45, 7) is 15.4. The average molecular weight is 450 g/mol. The van der Waals surface area contributed by atoms with Gasteiger partial charge in [0.15, 0.2) is 8.32 Å². The summed E-state index contributed by atoms with van der Waals surface area (Å²) in [6.07, 6.45) is 4.26. The van der Waals surface area contributed by atoms with Crippen LogP contribution < -0.4 is 0 Å². The molecule has 4 heteroatoms. The zero-order chi connectivity index (χ0) is 18.0. The maximum atomic E-state index is 11.0. The fourth-order valence-electron chi connectivity index (χ4n) is 3.25. The monoisotopic (exact) mass is 450 g/mol. The van der Waals surface area contributed by atoms with E-state index < -0.39 is 8.32 Å². The zero-order valence-corrected chi connectivity index (χ0v) is 19.1. The Morgan fingerprint density at radius 1 is 1.13 bits per heavy atom. The quantitative estimate of drug-likeness (QED) is 0.155. The van der Waals surface area contributed by atoms with Crippen molar-refractivity contribution in [1.29, 1.82) is 0 Å². The molecule has 134 valence electrons. The van der Waals surface area contributed by atoms with Crippen molar-refractivity contribution >= 4 is 37.2 Å². The first-order chi connectivity index (χ1) is 10.8. The van der Waals surface area contributed by atoms with Crippen molar-refractivity contribution in [2.24, 2.45) is 11.8 Å². The van der Waals surface area contributed by atoms with Crippen LogP contribution in [-0.4, -0.2) is 20.7 Å². The number of allylic oxidation sites excluding steroid dienone is 2. The molecular formula is C19H35IO2Si. The highest BCUT2D eigenvalue weighted by molar-refractivity contribution is 14.1. The largest absolute Gasteiger partial charge is 0.413 e. The first-order valence-corrected chi connectivity index (χ1v) is 12.6. The third-order valence-corrected chi connectivity index (χ3v) is 10.6. The third-order valence-electron chi connectivity index (χ3n) is 4.94. The maximum absolute atomic E-state index is 11.0. The van der Waals surface area contributed by atoms with E-state index in [1.54, 1.807) is 0 Å². The van der Waals surface area contributed by atoms with E-state index >= 15 is 0 Å². The van der Waals surface area contributed by atoms with E-state index in [-0.39, 0.29) is 12.0 Å². The van der Waals surface area contributed by atoms with Crippen molar-refractivity contribution < 1.29 is 9.22 Å². The highest BCUT2D eigenvalue weighted by Crippen LogP contribution is 2.32. The second kappa shape index (κ2) is 11.6. The minimum absolute atomic E-state index is 0.183. The van der Waals surface area contributed by atoms with Crippen LogP contribution >= 0.6 is 22.6 Å². The summed E-state index contributed by atoms with van der Waals surface area (Å²) < 4.78 is 9.01. The molecule has 0 fully saturated rings. The first-order valence-electron chi connectivity index (χ1n) is 8.86. The number of aldehydes is 1. The minimum Gasteiger partial charge on any atom is -0.413 e. The van der Waals surface area contributed by atoms with Gasteiger partial charge in [0.05, 0.1) is 6.10 Å². The Bertz CT molecular complexity index is 405. The lowest BCUT2D eigenvalue weighted by Gasteiger charge is -2.38. The number of rotatable bonds is 11. The van der Waals surface area contributed by atoms with Gasteiger partial charge in [-0.15, -0.1) is 0 Å². The van der Waals surface area contributed by atoms with Crippen LogP contribution in [-0.2, 0) is 9.22 Å². The SMILES string of the molecule is CC[Si](CC)(CC)O[C@H]([C@H](C)/C=C(\C)C=O)[C@@H](C)C/C(C)=C/I. The van der Waals surface area contributed by atoms with Gasteiger partial charge >= 0.3 is 0 Å². The lowest BCUT2D eigenvalue weighted by molar-refractivity contribution is -0.104. The van der Waals surface area contributed by atoms with Crippen molar-refractivity contribution in [3.05, 3.63) is 21.3 Å². The van der Waals surface area contributed by atoms with Crippen LogP contribution in [0.4, 0.5) is 0 Å². The molecule has 0 aliphatic carbocycles. The molecule has 0 saturated carbocycles. The Labute approximate surface area is 158 Å². The highest BCUT2D eigenvalue weighted by Gasteiger charge is 2.35. The number of hydrogen-bond acceptors (Lipinski definition) is 2. The van der Waals surface area contributed by atoms with Gasteiger partial charge in [-0.1, -0.05) is 68.9 Å². The molecule has 0 aromatic rings. The molecule has 0 N–H and O–H groups in total. The standard InChI is InChI=1S/C19H35IO2Si/c1-8-23(9-2,10-3)22-19(17(6)11-15(4)13-20)18(7)12-16(5)14-21/h12-14,17-19H,8-11H2,1-7H3/b15-13+,16-12+/t17-,18+,19-/m0/s1. The van der Waals surface area contributed by atoms with Crippen LogP contribution in [0.15, 0.2) is 21.3 Å². The topological polar surface area (TPSA) is 26.3 Å². The lowest BCUT2D eigenvalue weighted by Crippen LogP contribution is -2.44. The second-order valence-electron chi connectivity index (χ2n) is 6.85. The van der Waals surface area contributed by atoms with Crippen LogP contribution in [0.1, 0.15) is 54.9 Å². The molecule has 0 aliphatic rings. The predicted molar refractivity (Wildman–Crippen MR) is 113 cm³/mol. The molecule has 23 heavy (non-hydrogen) atoms. The molecule has 3 atom stereocenters. The predicted octanol–water partition coefficient (Wildman–Crippen LogP) is 6.52. The summed E-state index contributed by atoms with van der Waals surface area (Å²) in [7, 11) is -1.67. The lowest BCUT2D eigenvalue weighted by atomic mass is 9.88. The molecule has 0 heterocycles. The molecule has 2 nitrogen and oxygen atoms in total. The third kappa shape index (κ3) is 7.65. The fourth-order valence-corrected chi connectivity index (χ4v) is 6.53. The van der Waals surface area contributed by atoms with E-state index in [2.05, 4.69) is 74.3 Å². The second-order valence-corrected chi connectivity index (χ2v) is 12.2. The van der Waals surface area contributed by atoms with E-state index in [0.717, 1.165) is 36.4 Å². The van der Waals surface area contributed by atoms with Gasteiger partial charge in [-0.25, -0.2) is 0 Å². The van der Waals surface area contributed by atoms with Gasteiger partial charge in [-0.2, -0.15) is 0 Å². The first kappa shape index (κ1) is 23.1. The number of halogens is 1. The summed E-state index contributed by atoms with van der Waals surface area (Å²) in [6, 6.07) is 3.48. The molecule has 0 rings (SSSR count). The number of carbonyl (C=O) groups excluding carboxylic acids is 1. The summed E-state index contributed by atoms with van der Waals surface area (Å²) in [5, 5.41) is 0. The van der Waals surface area contributed by atoms with Gasteiger partial charge < -0.3 is 4.43 Å². The van der Waals surface area contributed by atoms with Gasteiger partial charge in [0.2, 0.25) is 0 Å². The van der Waals surface area contributed by atoms with Gasteiger partial charge in [0, 0.05) is 0 Å². The van der Waals surface area contributed by atoms with E-state index in [0.29, 0.717) is 5.92 Å². The molecule has 0 saturated heterocycles. The van der Waals surface area contributed by atoms with E-state index in [9.17, 15) is 4.79 Å². The molecule has 0 aromatic heterocycles. The molecular weight excluding hydrogens is 415 g/mol. The van der Waals surface area contributed by atoms with Crippen LogP contribution in [0.25, 0.3) is 0 Å².